The van der Waals surface area contributed by atoms with E-state index in [2.05, 4.69) is 5.32 Å². The van der Waals surface area contributed by atoms with Gasteiger partial charge in [0.15, 0.2) is 0 Å². The molecule has 0 aliphatic carbocycles. The van der Waals surface area contributed by atoms with E-state index in [0.717, 1.165) is 18.2 Å². The monoisotopic (exact) mass is 321 g/mol. The lowest BCUT2D eigenvalue weighted by atomic mass is 10.1. The number of hydrogen-bond donors (Lipinski definition) is 1. The van der Waals surface area contributed by atoms with Crippen molar-refractivity contribution in [1.82, 2.24) is 0 Å². The smallest absolute Gasteiger partial charge is 0.380 e. The highest BCUT2D eigenvalue weighted by molar-refractivity contribution is 6.30. The second-order valence-corrected chi connectivity index (χ2v) is 4.76. The third-order valence-corrected chi connectivity index (χ3v) is 2.93. The van der Waals surface area contributed by atoms with Crippen molar-refractivity contribution in [2.45, 2.75) is 12.7 Å². The molecule has 0 radical (unpaired) electrons. The molecule has 0 spiro atoms. The maximum atomic E-state index is 13.0. The third-order valence-electron chi connectivity index (χ3n) is 2.69. The highest BCUT2D eigenvalue weighted by Gasteiger charge is 2.33. The van der Waals surface area contributed by atoms with E-state index < -0.39 is 23.4 Å². The zero-order valence-corrected chi connectivity index (χ0v) is 11.2. The lowest BCUT2D eigenvalue weighted by molar-refractivity contribution is -0.136. The third kappa shape index (κ3) is 4.07. The lowest BCUT2D eigenvalue weighted by Crippen LogP contribution is -2.11. The van der Waals surface area contributed by atoms with E-state index in [1.807, 2.05) is 0 Å². The van der Waals surface area contributed by atoms with Crippen molar-refractivity contribution < 1.29 is 22.0 Å². The molecule has 0 bridgehead atoms. The lowest BCUT2D eigenvalue weighted by Gasteiger charge is -2.15. The molecule has 0 saturated heterocycles. The number of alkyl halides is 3. The van der Waals surface area contributed by atoms with Crippen molar-refractivity contribution in [2.75, 3.05) is 5.32 Å². The van der Waals surface area contributed by atoms with Gasteiger partial charge in [0, 0.05) is 23.3 Å². The van der Waals surface area contributed by atoms with Crippen molar-refractivity contribution in [2.24, 2.45) is 0 Å². The van der Waals surface area contributed by atoms with Crippen LogP contribution in [0.4, 0.5) is 27.6 Å². The van der Waals surface area contributed by atoms with Crippen LogP contribution in [0.5, 0.6) is 0 Å². The summed E-state index contributed by atoms with van der Waals surface area (Å²) in [6, 6.07) is 6.02. The molecule has 21 heavy (non-hydrogen) atoms. The first-order valence-corrected chi connectivity index (χ1v) is 6.19. The van der Waals surface area contributed by atoms with Crippen molar-refractivity contribution >= 4 is 17.3 Å². The quantitative estimate of drug-likeness (QED) is 0.761. The number of nitrogens with one attached hydrogen (secondary N) is 1. The van der Waals surface area contributed by atoms with Gasteiger partial charge in [-0.1, -0.05) is 11.6 Å². The maximum Gasteiger partial charge on any atom is 0.418 e. The van der Waals surface area contributed by atoms with Crippen LogP contribution in [0, 0.1) is 11.6 Å². The van der Waals surface area contributed by atoms with Crippen LogP contribution in [0.1, 0.15) is 11.1 Å². The molecule has 2 aromatic rings. The summed E-state index contributed by atoms with van der Waals surface area (Å²) in [6.07, 6.45) is -4.58. The minimum absolute atomic E-state index is 0.0512. The summed E-state index contributed by atoms with van der Waals surface area (Å²) >= 11 is 5.55. The number of halogens is 6. The van der Waals surface area contributed by atoms with Crippen LogP contribution in [-0.2, 0) is 12.7 Å². The van der Waals surface area contributed by atoms with Gasteiger partial charge in [-0.25, -0.2) is 8.78 Å². The van der Waals surface area contributed by atoms with Gasteiger partial charge in [0.05, 0.1) is 5.56 Å². The molecule has 7 heteroatoms. The van der Waals surface area contributed by atoms with Crippen LogP contribution in [0.3, 0.4) is 0 Å². The second-order valence-electron chi connectivity index (χ2n) is 4.32. The minimum Gasteiger partial charge on any atom is -0.380 e. The average molecular weight is 322 g/mol. The van der Waals surface area contributed by atoms with Crippen LogP contribution < -0.4 is 5.32 Å². The maximum absolute atomic E-state index is 13.0. The van der Waals surface area contributed by atoms with E-state index in [0.29, 0.717) is 6.07 Å². The van der Waals surface area contributed by atoms with Crippen molar-refractivity contribution in [3.8, 4) is 0 Å². The van der Waals surface area contributed by atoms with E-state index in [-0.39, 0.29) is 22.8 Å². The van der Waals surface area contributed by atoms with Gasteiger partial charge in [0.1, 0.15) is 11.6 Å². The van der Waals surface area contributed by atoms with Gasteiger partial charge >= 0.3 is 6.18 Å². The Labute approximate surface area is 122 Å². The molecule has 0 unspecified atom stereocenters. The van der Waals surface area contributed by atoms with Gasteiger partial charge in [-0.05, 0) is 35.9 Å². The van der Waals surface area contributed by atoms with E-state index in [9.17, 15) is 22.0 Å². The summed E-state index contributed by atoms with van der Waals surface area (Å²) in [7, 11) is 0. The fourth-order valence-corrected chi connectivity index (χ4v) is 1.99. The summed E-state index contributed by atoms with van der Waals surface area (Å²) in [6.45, 7) is -0.153. The number of anilines is 1. The topological polar surface area (TPSA) is 12.0 Å². The molecular formula is C14H9ClF5N. The molecule has 0 heterocycles. The zero-order chi connectivity index (χ0) is 15.6. The van der Waals surface area contributed by atoms with Crippen LogP contribution in [0.2, 0.25) is 5.02 Å². The SMILES string of the molecule is Fc1cc(F)cc(CNc2ccc(Cl)cc2C(F)(F)F)c1. The Morgan fingerprint density at radius 1 is 0.952 bits per heavy atom. The van der Waals surface area contributed by atoms with E-state index in [1.165, 1.54) is 12.1 Å². The molecule has 0 amide bonds. The number of hydrogen-bond acceptors (Lipinski definition) is 1. The van der Waals surface area contributed by atoms with Gasteiger partial charge in [-0.2, -0.15) is 13.2 Å². The molecule has 2 rings (SSSR count). The molecule has 0 fully saturated rings. The van der Waals surface area contributed by atoms with E-state index in [1.54, 1.807) is 0 Å². The van der Waals surface area contributed by atoms with Crippen molar-refractivity contribution in [1.29, 1.82) is 0 Å². The molecule has 0 aliphatic rings. The van der Waals surface area contributed by atoms with Crippen LogP contribution >= 0.6 is 11.6 Å². The Balaban J connectivity index is 2.24. The van der Waals surface area contributed by atoms with Gasteiger partial charge in [-0.3, -0.25) is 0 Å². The molecular weight excluding hydrogens is 313 g/mol. The van der Waals surface area contributed by atoms with Crippen molar-refractivity contribution in [3.05, 3.63) is 64.2 Å². The predicted molar refractivity (Wildman–Crippen MR) is 70.1 cm³/mol. The Kier molecular flexibility index (Phi) is 4.37. The van der Waals surface area contributed by atoms with Gasteiger partial charge in [0.25, 0.3) is 0 Å². The van der Waals surface area contributed by atoms with E-state index >= 15 is 0 Å². The normalized spacial score (nSPS) is 11.5. The molecule has 0 aromatic heterocycles. The minimum atomic E-state index is -4.58. The summed E-state index contributed by atoms with van der Waals surface area (Å²) in [5.74, 6) is -1.59. The fourth-order valence-electron chi connectivity index (χ4n) is 1.82. The molecule has 0 saturated carbocycles. The summed E-state index contributed by atoms with van der Waals surface area (Å²) < 4.78 is 64.6. The summed E-state index contributed by atoms with van der Waals surface area (Å²) in [5, 5.41) is 2.45. The molecule has 112 valence electrons. The first kappa shape index (κ1) is 15.6. The summed E-state index contributed by atoms with van der Waals surface area (Å²) in [4.78, 5) is 0. The Morgan fingerprint density at radius 2 is 1.57 bits per heavy atom. The van der Waals surface area contributed by atoms with E-state index in [4.69, 9.17) is 11.6 Å². The number of rotatable bonds is 3. The first-order chi connectivity index (χ1) is 9.75. The fraction of sp³-hybridized carbons (Fsp3) is 0.143. The van der Waals surface area contributed by atoms with Crippen molar-refractivity contribution in [3.63, 3.8) is 0 Å². The van der Waals surface area contributed by atoms with Crippen LogP contribution in [0.25, 0.3) is 0 Å². The Morgan fingerprint density at radius 3 is 2.14 bits per heavy atom. The second kappa shape index (κ2) is 5.89. The molecule has 0 aliphatic heterocycles. The van der Waals surface area contributed by atoms with Crippen LogP contribution in [-0.4, -0.2) is 0 Å². The molecule has 1 N–H and O–H groups in total. The Hall–Kier alpha value is -1.82. The molecule has 2 aromatic carbocycles. The largest absolute Gasteiger partial charge is 0.418 e. The van der Waals surface area contributed by atoms with Gasteiger partial charge in [-0.15, -0.1) is 0 Å². The van der Waals surface area contributed by atoms with Gasteiger partial charge < -0.3 is 5.32 Å². The van der Waals surface area contributed by atoms with Gasteiger partial charge in [0.2, 0.25) is 0 Å². The Bertz CT molecular complexity index is 634. The summed E-state index contributed by atoms with van der Waals surface area (Å²) in [5.41, 5.74) is -0.959. The average Bonchev–Trinajstić information content (AvgIpc) is 2.35. The van der Waals surface area contributed by atoms with Crippen LogP contribution in [0.15, 0.2) is 36.4 Å². The standard InChI is InChI=1S/C14H9ClF5N/c15-9-1-2-13(12(5-9)14(18,19)20)21-7-8-3-10(16)6-11(17)4-8/h1-6,21H,7H2. The molecule has 0 atom stereocenters. The zero-order valence-electron chi connectivity index (χ0n) is 10.4. The number of benzene rings is 2. The first-order valence-electron chi connectivity index (χ1n) is 5.81. The predicted octanol–water partition coefficient (Wildman–Crippen LogP) is 5.25. The highest BCUT2D eigenvalue weighted by Crippen LogP contribution is 2.36. The molecule has 1 nitrogen and oxygen atoms in total. The highest BCUT2D eigenvalue weighted by atomic mass is 35.5.